The van der Waals surface area contributed by atoms with Gasteiger partial charge in [-0.25, -0.2) is 0 Å². The van der Waals surface area contributed by atoms with Gasteiger partial charge in [0, 0.05) is 47.4 Å². The fourth-order valence-electron chi connectivity index (χ4n) is 3.29. The number of halogens is 4. The summed E-state index contributed by atoms with van der Waals surface area (Å²) >= 11 is 34.8. The zero-order valence-corrected chi connectivity index (χ0v) is 22.2. The number of benzene rings is 2. The second-order valence-corrected chi connectivity index (χ2v) is 9.61. The molecular formula is C20H20Cl4N8S2. The van der Waals surface area contributed by atoms with Crippen LogP contribution < -0.4 is 22.3 Å². The van der Waals surface area contributed by atoms with E-state index in [-0.39, 0.29) is 10.2 Å². The van der Waals surface area contributed by atoms with Crippen molar-refractivity contribution in [2.45, 2.75) is 0 Å². The van der Waals surface area contributed by atoms with Crippen LogP contribution in [-0.4, -0.2) is 57.9 Å². The van der Waals surface area contributed by atoms with Crippen LogP contribution in [0.3, 0.4) is 0 Å². The normalized spacial score (nSPS) is 14.7. The van der Waals surface area contributed by atoms with Crippen molar-refractivity contribution < 1.29 is 0 Å². The molecule has 2 aromatic carbocycles. The van der Waals surface area contributed by atoms with Crippen molar-refractivity contribution in [2.24, 2.45) is 21.7 Å². The third kappa shape index (κ3) is 6.97. The van der Waals surface area contributed by atoms with Crippen molar-refractivity contribution in [3.63, 3.8) is 0 Å². The highest BCUT2D eigenvalue weighted by Gasteiger charge is 2.26. The molecule has 6 N–H and O–H groups in total. The predicted octanol–water partition coefficient (Wildman–Crippen LogP) is 3.61. The maximum Gasteiger partial charge on any atom is 0.184 e. The van der Waals surface area contributed by atoms with Crippen molar-refractivity contribution in [3.05, 3.63) is 67.6 Å². The number of rotatable bonds is 4. The molecule has 0 aliphatic carbocycles. The van der Waals surface area contributed by atoms with Crippen LogP contribution in [0.15, 0.2) is 46.6 Å². The van der Waals surface area contributed by atoms with Crippen LogP contribution in [-0.2, 0) is 0 Å². The summed E-state index contributed by atoms with van der Waals surface area (Å²) in [5, 5.41) is 10.8. The van der Waals surface area contributed by atoms with Gasteiger partial charge in [0.1, 0.15) is 0 Å². The summed E-state index contributed by atoms with van der Waals surface area (Å²) in [7, 11) is 0. The molecule has 1 heterocycles. The Hall–Kier alpha value is -2.08. The van der Waals surface area contributed by atoms with E-state index in [0.717, 1.165) is 0 Å². The third-order valence-corrected chi connectivity index (χ3v) is 6.04. The summed E-state index contributed by atoms with van der Waals surface area (Å²) in [6, 6.07) is 10.4. The van der Waals surface area contributed by atoms with Crippen LogP contribution in [0, 0.1) is 0 Å². The molecule has 3 rings (SSSR count). The van der Waals surface area contributed by atoms with Crippen LogP contribution in [0.5, 0.6) is 0 Å². The highest BCUT2D eigenvalue weighted by atomic mass is 35.5. The SMILES string of the molecule is NC(=S)N/N=C(\c1ccc(Cl)cc1Cl)N1CCN(/C(=N/NC(N)=S)c2ccc(Cl)cc2Cl)CC1. The van der Waals surface area contributed by atoms with Gasteiger partial charge < -0.3 is 21.3 Å². The van der Waals surface area contributed by atoms with E-state index in [1.807, 2.05) is 0 Å². The summed E-state index contributed by atoms with van der Waals surface area (Å²) in [4.78, 5) is 4.11. The fraction of sp³-hybridized carbons (Fsp3) is 0.200. The predicted molar refractivity (Wildman–Crippen MR) is 149 cm³/mol. The van der Waals surface area contributed by atoms with E-state index < -0.39 is 0 Å². The zero-order chi connectivity index (χ0) is 24.8. The quantitative estimate of drug-likeness (QED) is 0.189. The highest BCUT2D eigenvalue weighted by molar-refractivity contribution is 7.80. The second kappa shape index (κ2) is 12.1. The van der Waals surface area contributed by atoms with Gasteiger partial charge >= 0.3 is 0 Å². The summed E-state index contributed by atoms with van der Waals surface area (Å²) in [5.41, 5.74) is 17.8. The first-order chi connectivity index (χ1) is 16.2. The summed E-state index contributed by atoms with van der Waals surface area (Å²) < 4.78 is 0. The van der Waals surface area contributed by atoms with E-state index in [0.29, 0.717) is 69.1 Å². The minimum absolute atomic E-state index is 0.0387. The van der Waals surface area contributed by atoms with E-state index in [9.17, 15) is 0 Å². The van der Waals surface area contributed by atoms with Crippen LogP contribution in [0.25, 0.3) is 0 Å². The topological polar surface area (TPSA) is 107 Å². The average molecular weight is 578 g/mol. The summed E-state index contributed by atoms with van der Waals surface area (Å²) in [6.45, 7) is 2.31. The van der Waals surface area contributed by atoms with Crippen LogP contribution in [0.2, 0.25) is 20.1 Å². The van der Waals surface area contributed by atoms with Crippen molar-refractivity contribution in [3.8, 4) is 0 Å². The van der Waals surface area contributed by atoms with Gasteiger partial charge in [-0.1, -0.05) is 46.4 Å². The third-order valence-electron chi connectivity index (χ3n) is 4.77. The molecule has 0 radical (unpaired) electrons. The molecule has 1 saturated heterocycles. The lowest BCUT2D eigenvalue weighted by Gasteiger charge is -2.38. The molecule has 0 spiro atoms. The summed E-state index contributed by atoms with van der Waals surface area (Å²) in [6.07, 6.45) is 0. The fourth-order valence-corrected chi connectivity index (χ4v) is 4.37. The van der Waals surface area contributed by atoms with E-state index in [4.69, 9.17) is 82.3 Å². The number of hydrogen-bond donors (Lipinski definition) is 4. The van der Waals surface area contributed by atoms with Gasteiger partial charge in [0.25, 0.3) is 0 Å². The molecule has 0 atom stereocenters. The Bertz CT molecular complexity index is 1060. The Morgan fingerprint density at radius 2 is 1.06 bits per heavy atom. The molecule has 1 aliphatic heterocycles. The molecule has 0 amide bonds. The van der Waals surface area contributed by atoms with Crippen LogP contribution >= 0.6 is 70.8 Å². The number of nitrogens with two attached hydrogens (primary N) is 2. The van der Waals surface area contributed by atoms with Gasteiger partial charge in [-0.05, 0) is 60.8 Å². The number of amidine groups is 2. The lowest BCUT2D eigenvalue weighted by atomic mass is 10.1. The van der Waals surface area contributed by atoms with E-state index in [1.54, 1.807) is 36.4 Å². The van der Waals surface area contributed by atoms with Gasteiger partial charge in [0.15, 0.2) is 21.9 Å². The first kappa shape index (κ1) is 26.5. The van der Waals surface area contributed by atoms with E-state index in [2.05, 4.69) is 30.9 Å². The maximum absolute atomic E-state index is 6.45. The molecular weight excluding hydrogens is 558 g/mol. The Kier molecular flexibility index (Phi) is 9.40. The summed E-state index contributed by atoms with van der Waals surface area (Å²) in [5.74, 6) is 1.16. The van der Waals surface area contributed by atoms with Crippen molar-refractivity contribution in [1.29, 1.82) is 0 Å². The number of nitrogens with one attached hydrogen (secondary N) is 2. The molecule has 0 saturated carbocycles. The Morgan fingerprint density at radius 1 is 0.706 bits per heavy atom. The number of nitrogens with zero attached hydrogens (tertiary/aromatic N) is 4. The van der Waals surface area contributed by atoms with Gasteiger partial charge in [-0.3, -0.25) is 10.9 Å². The standard InChI is InChI=1S/C20H20Cl4N8S2/c21-11-1-3-13(15(23)9-11)17(27-29-19(25)33)31-5-7-32(8-6-31)18(28-30-20(26)34)14-4-2-12(22)10-16(14)24/h1-4,9-10H,5-8H2,(H3,25,29,33)(H3,26,30,34)/b27-17+,28-18+. The molecule has 34 heavy (non-hydrogen) atoms. The van der Waals surface area contributed by atoms with Gasteiger partial charge in [-0.2, -0.15) is 10.2 Å². The number of thiocarbonyl (C=S) groups is 2. The van der Waals surface area contributed by atoms with Crippen LogP contribution in [0.4, 0.5) is 0 Å². The average Bonchev–Trinajstić information content (AvgIpc) is 2.77. The number of piperazine rings is 1. The Morgan fingerprint density at radius 3 is 1.35 bits per heavy atom. The maximum atomic E-state index is 6.45. The van der Waals surface area contributed by atoms with Crippen molar-refractivity contribution in [1.82, 2.24) is 20.7 Å². The number of hydrazone groups is 2. The smallest absolute Gasteiger partial charge is 0.184 e. The second-order valence-electron chi connectivity index (χ2n) is 7.05. The first-order valence-electron chi connectivity index (χ1n) is 9.82. The van der Waals surface area contributed by atoms with Gasteiger partial charge in [0.05, 0.1) is 10.0 Å². The molecule has 0 bridgehead atoms. The molecule has 0 aromatic heterocycles. The lowest BCUT2D eigenvalue weighted by molar-refractivity contribution is 0.258. The molecule has 1 fully saturated rings. The lowest BCUT2D eigenvalue weighted by Crippen LogP contribution is -2.52. The molecule has 8 nitrogen and oxygen atoms in total. The van der Waals surface area contributed by atoms with Crippen molar-refractivity contribution >= 4 is 92.7 Å². The minimum Gasteiger partial charge on any atom is -0.375 e. The molecule has 14 heteroatoms. The van der Waals surface area contributed by atoms with E-state index >= 15 is 0 Å². The molecule has 1 aliphatic rings. The first-order valence-corrected chi connectivity index (χ1v) is 12.2. The minimum atomic E-state index is 0.0387. The van der Waals surface area contributed by atoms with Crippen molar-refractivity contribution in [2.75, 3.05) is 26.2 Å². The van der Waals surface area contributed by atoms with Gasteiger partial charge in [-0.15, -0.1) is 0 Å². The Labute approximate surface area is 227 Å². The van der Waals surface area contributed by atoms with E-state index in [1.165, 1.54) is 0 Å². The molecule has 180 valence electrons. The largest absolute Gasteiger partial charge is 0.375 e. The molecule has 0 unspecified atom stereocenters. The Balaban J connectivity index is 1.87. The highest BCUT2D eigenvalue weighted by Crippen LogP contribution is 2.25. The number of hydrogen-bond acceptors (Lipinski definition) is 4. The monoisotopic (exact) mass is 576 g/mol. The van der Waals surface area contributed by atoms with Crippen LogP contribution in [0.1, 0.15) is 11.1 Å². The zero-order valence-electron chi connectivity index (χ0n) is 17.6. The van der Waals surface area contributed by atoms with Gasteiger partial charge in [0.2, 0.25) is 0 Å². The molecule has 2 aromatic rings.